The van der Waals surface area contributed by atoms with E-state index in [1.54, 1.807) is 6.07 Å². The normalized spacial score (nSPS) is 8.40. The monoisotopic (exact) mass is 135 g/mol. The van der Waals surface area contributed by atoms with Crippen LogP contribution in [-0.2, 0) is 0 Å². The van der Waals surface area contributed by atoms with E-state index < -0.39 is 0 Å². The summed E-state index contributed by atoms with van der Waals surface area (Å²) in [4.78, 5) is 6.77. The zero-order chi connectivity index (χ0) is 7.40. The highest BCUT2D eigenvalue weighted by Crippen LogP contribution is 2.10. The molecule has 1 aromatic heterocycles. The Bertz CT molecular complexity index is 249. The van der Waals surface area contributed by atoms with E-state index >= 15 is 0 Å². The predicted octanol–water partition coefficient (Wildman–Crippen LogP) is 1.43. The molecule has 0 amide bonds. The van der Waals surface area contributed by atoms with Gasteiger partial charge in [-0.15, -0.1) is 4.98 Å². The molecule has 0 bridgehead atoms. The van der Waals surface area contributed by atoms with Gasteiger partial charge in [0, 0.05) is 0 Å². The Morgan fingerprint density at radius 2 is 2.40 bits per heavy atom. The van der Waals surface area contributed by atoms with Crippen LogP contribution in [0.4, 0.5) is 11.5 Å². The Kier molecular flexibility index (Phi) is 1.83. The zero-order valence-electron chi connectivity index (χ0n) is 5.07. The van der Waals surface area contributed by atoms with E-state index in [2.05, 4.69) is 9.83 Å². The highest BCUT2D eigenvalue weighted by Gasteiger charge is 1.92. The molecule has 0 fully saturated rings. The number of nitrogens with zero attached hydrogens (tertiary/aromatic N) is 2. The van der Waals surface area contributed by atoms with E-state index in [1.807, 2.05) is 5.48 Å². The van der Waals surface area contributed by atoms with E-state index in [0.717, 1.165) is 0 Å². The van der Waals surface area contributed by atoms with Crippen molar-refractivity contribution in [1.29, 1.82) is 0 Å². The van der Waals surface area contributed by atoms with Crippen molar-refractivity contribution in [2.24, 2.45) is 0 Å². The number of aromatic nitrogens is 1. The molecule has 1 aromatic rings. The average Bonchev–Trinajstić information content (AvgIpc) is 2.05. The third-order valence-electron chi connectivity index (χ3n) is 0.992. The maximum Gasteiger partial charge on any atom is 0.269 e. The summed E-state index contributed by atoms with van der Waals surface area (Å²) in [7, 11) is 0. The Morgan fingerprint density at radius 3 is 2.80 bits per heavy atom. The fourth-order valence-corrected chi connectivity index (χ4v) is 0.518. The summed E-state index contributed by atoms with van der Waals surface area (Å²) in [5, 5.41) is 8.33. The fraction of sp³-hybridized carbons (Fsp3) is 0. The summed E-state index contributed by atoms with van der Waals surface area (Å²) < 4.78 is 0. The molecule has 0 aromatic carbocycles. The fourth-order valence-electron chi connectivity index (χ4n) is 0.518. The minimum absolute atomic E-state index is 0.319. The molecule has 0 aliphatic heterocycles. The molecule has 1 rings (SSSR count). The van der Waals surface area contributed by atoms with Crippen molar-refractivity contribution in [3.8, 4) is 0 Å². The van der Waals surface area contributed by atoms with Gasteiger partial charge in [0.1, 0.15) is 11.9 Å². The standard InChI is InChI=1S/C6H5N3O/c1-7-6-3-2-5(9-10)4-8-6/h2-4,9-10H. The zero-order valence-corrected chi connectivity index (χ0v) is 5.07. The number of nitrogens with one attached hydrogen (secondary N) is 1. The van der Waals surface area contributed by atoms with Crippen LogP contribution in [0, 0.1) is 6.57 Å². The van der Waals surface area contributed by atoms with E-state index in [4.69, 9.17) is 11.8 Å². The summed E-state index contributed by atoms with van der Waals surface area (Å²) in [6.45, 7) is 6.55. The third kappa shape index (κ3) is 1.21. The van der Waals surface area contributed by atoms with E-state index in [1.165, 1.54) is 12.3 Å². The lowest BCUT2D eigenvalue weighted by atomic mass is 10.4. The maximum absolute atomic E-state index is 8.33. The quantitative estimate of drug-likeness (QED) is 0.452. The summed E-state index contributed by atoms with van der Waals surface area (Å²) in [5.74, 6) is 0.319. The molecular formula is C6H5N3O. The number of hydrogen-bond donors (Lipinski definition) is 2. The molecule has 50 valence electrons. The van der Waals surface area contributed by atoms with Gasteiger partial charge in [-0.05, 0) is 12.1 Å². The van der Waals surface area contributed by atoms with Crippen LogP contribution >= 0.6 is 0 Å². The molecule has 0 radical (unpaired) electrons. The number of anilines is 1. The minimum atomic E-state index is 0.319. The van der Waals surface area contributed by atoms with Gasteiger partial charge in [0.05, 0.1) is 0 Å². The Labute approximate surface area is 57.9 Å². The lowest BCUT2D eigenvalue weighted by Crippen LogP contribution is -1.88. The average molecular weight is 135 g/mol. The molecule has 4 heteroatoms. The van der Waals surface area contributed by atoms with Crippen molar-refractivity contribution in [2.45, 2.75) is 0 Å². The van der Waals surface area contributed by atoms with Crippen LogP contribution in [0.25, 0.3) is 4.85 Å². The first-order valence-electron chi connectivity index (χ1n) is 2.60. The first-order chi connectivity index (χ1) is 4.86. The van der Waals surface area contributed by atoms with Gasteiger partial charge in [0.15, 0.2) is 0 Å². The first-order valence-corrected chi connectivity index (χ1v) is 2.60. The molecule has 0 spiro atoms. The van der Waals surface area contributed by atoms with Gasteiger partial charge in [-0.1, -0.05) is 6.57 Å². The smallest absolute Gasteiger partial charge is 0.269 e. The topological polar surface area (TPSA) is 49.5 Å². The van der Waals surface area contributed by atoms with Crippen molar-refractivity contribution in [1.82, 2.24) is 4.98 Å². The molecule has 4 nitrogen and oxygen atoms in total. The molecule has 0 aliphatic carbocycles. The molecule has 0 saturated carbocycles. The Hall–Kier alpha value is -1.60. The van der Waals surface area contributed by atoms with Crippen LogP contribution in [0.1, 0.15) is 0 Å². The highest BCUT2D eigenvalue weighted by atomic mass is 16.5. The lowest BCUT2D eigenvalue weighted by Gasteiger charge is -1.92. The molecular weight excluding hydrogens is 130 g/mol. The summed E-state index contributed by atoms with van der Waals surface area (Å²) in [6, 6.07) is 3.09. The van der Waals surface area contributed by atoms with E-state index in [0.29, 0.717) is 11.5 Å². The maximum atomic E-state index is 8.33. The van der Waals surface area contributed by atoms with Crippen LogP contribution in [0.5, 0.6) is 0 Å². The molecule has 0 atom stereocenters. The van der Waals surface area contributed by atoms with Crippen LogP contribution in [-0.4, -0.2) is 10.2 Å². The third-order valence-corrected chi connectivity index (χ3v) is 0.992. The first kappa shape index (κ1) is 6.52. The van der Waals surface area contributed by atoms with Gasteiger partial charge in [0.25, 0.3) is 5.82 Å². The highest BCUT2D eigenvalue weighted by molar-refractivity contribution is 5.45. The summed E-state index contributed by atoms with van der Waals surface area (Å²) in [5.41, 5.74) is 2.39. The Morgan fingerprint density at radius 1 is 1.60 bits per heavy atom. The second-order valence-corrected chi connectivity index (χ2v) is 1.63. The van der Waals surface area contributed by atoms with E-state index in [-0.39, 0.29) is 0 Å². The van der Waals surface area contributed by atoms with Gasteiger partial charge < -0.3 is 4.85 Å². The van der Waals surface area contributed by atoms with Crippen molar-refractivity contribution in [3.63, 3.8) is 0 Å². The van der Waals surface area contributed by atoms with Gasteiger partial charge in [-0.25, -0.2) is 0 Å². The van der Waals surface area contributed by atoms with Crippen LogP contribution < -0.4 is 5.48 Å². The molecule has 0 unspecified atom stereocenters. The van der Waals surface area contributed by atoms with E-state index in [9.17, 15) is 0 Å². The number of pyridine rings is 1. The van der Waals surface area contributed by atoms with Crippen molar-refractivity contribution in [3.05, 3.63) is 29.7 Å². The minimum Gasteiger partial charge on any atom is -0.361 e. The molecule has 0 saturated heterocycles. The summed E-state index contributed by atoms with van der Waals surface area (Å²) >= 11 is 0. The second-order valence-electron chi connectivity index (χ2n) is 1.63. The molecule has 1 heterocycles. The molecule has 0 aliphatic rings. The Balaban J connectivity index is 2.93. The summed E-state index contributed by atoms with van der Waals surface area (Å²) in [6.07, 6.45) is 1.38. The number of hydrogen-bond acceptors (Lipinski definition) is 3. The van der Waals surface area contributed by atoms with Crippen LogP contribution in [0.2, 0.25) is 0 Å². The molecule has 2 N–H and O–H groups in total. The van der Waals surface area contributed by atoms with Crippen molar-refractivity contribution < 1.29 is 5.21 Å². The lowest BCUT2D eigenvalue weighted by molar-refractivity contribution is 0.388. The van der Waals surface area contributed by atoms with Crippen molar-refractivity contribution in [2.75, 3.05) is 5.48 Å². The van der Waals surface area contributed by atoms with Gasteiger partial charge in [-0.3, -0.25) is 10.7 Å². The van der Waals surface area contributed by atoms with Gasteiger partial charge in [-0.2, -0.15) is 0 Å². The van der Waals surface area contributed by atoms with Gasteiger partial charge in [0.2, 0.25) is 0 Å². The second kappa shape index (κ2) is 2.80. The SMILES string of the molecule is [C-]#[N+]c1ccc(NO)cn1. The van der Waals surface area contributed by atoms with Crippen LogP contribution in [0.3, 0.4) is 0 Å². The van der Waals surface area contributed by atoms with Crippen LogP contribution in [0.15, 0.2) is 18.3 Å². The largest absolute Gasteiger partial charge is 0.361 e. The van der Waals surface area contributed by atoms with Crippen molar-refractivity contribution >= 4 is 11.5 Å². The molecule has 10 heavy (non-hydrogen) atoms. The van der Waals surface area contributed by atoms with Gasteiger partial charge >= 0.3 is 0 Å². The predicted molar refractivity (Wildman–Crippen MR) is 35.9 cm³/mol. The number of rotatable bonds is 1.